The third kappa shape index (κ3) is 2.27. The van der Waals surface area contributed by atoms with Crippen molar-refractivity contribution in [3.8, 4) is 0 Å². The average Bonchev–Trinajstić information content (AvgIpc) is 2.84. The molecule has 0 radical (unpaired) electrons. The Bertz CT molecular complexity index is 345. The Morgan fingerprint density at radius 1 is 1.75 bits per heavy atom. The first kappa shape index (κ1) is 11.2. The Labute approximate surface area is 94.9 Å². The maximum atomic E-state index is 12.1. The van der Waals surface area contributed by atoms with E-state index in [1.54, 1.807) is 13.0 Å². The van der Waals surface area contributed by atoms with Crippen molar-refractivity contribution in [2.75, 3.05) is 6.54 Å². The van der Waals surface area contributed by atoms with Crippen molar-refractivity contribution in [3.63, 3.8) is 0 Å². The predicted molar refractivity (Wildman–Crippen MR) is 59.1 cm³/mol. The highest BCUT2D eigenvalue weighted by Gasteiger charge is 2.30. The maximum absolute atomic E-state index is 12.1. The van der Waals surface area contributed by atoms with E-state index in [-0.39, 0.29) is 18.1 Å². The van der Waals surface area contributed by atoms with Gasteiger partial charge in [0.2, 0.25) is 0 Å². The zero-order chi connectivity index (χ0) is 11.5. The molecule has 0 bridgehead atoms. The van der Waals surface area contributed by atoms with Crippen LogP contribution in [0.1, 0.15) is 36.5 Å². The Morgan fingerprint density at radius 3 is 3.19 bits per heavy atom. The van der Waals surface area contributed by atoms with Gasteiger partial charge in [0.1, 0.15) is 6.26 Å². The molecule has 1 aromatic rings. The maximum Gasteiger partial charge on any atom is 0.257 e. The van der Waals surface area contributed by atoms with E-state index >= 15 is 0 Å². The second-order valence-corrected chi connectivity index (χ2v) is 4.39. The van der Waals surface area contributed by atoms with Crippen molar-refractivity contribution >= 4 is 5.91 Å². The summed E-state index contributed by atoms with van der Waals surface area (Å²) in [6, 6.07) is 1.85. The lowest BCUT2D eigenvalue weighted by molar-refractivity contribution is 0.0681. The van der Waals surface area contributed by atoms with Crippen LogP contribution in [0.4, 0.5) is 0 Å². The van der Waals surface area contributed by atoms with E-state index in [0.717, 1.165) is 19.4 Å². The van der Waals surface area contributed by atoms with Gasteiger partial charge in [-0.05, 0) is 32.3 Å². The van der Waals surface area contributed by atoms with Crippen LogP contribution in [0.25, 0.3) is 0 Å². The van der Waals surface area contributed by atoms with Crippen LogP contribution in [0.15, 0.2) is 23.0 Å². The molecule has 1 aromatic heterocycles. The summed E-state index contributed by atoms with van der Waals surface area (Å²) in [6.07, 6.45) is 5.27. The molecule has 1 aliphatic heterocycles. The molecule has 1 saturated heterocycles. The molecule has 1 aliphatic rings. The summed E-state index contributed by atoms with van der Waals surface area (Å²) >= 11 is 0. The van der Waals surface area contributed by atoms with Crippen LogP contribution in [0.5, 0.6) is 0 Å². The zero-order valence-corrected chi connectivity index (χ0v) is 9.43. The number of aliphatic hydroxyl groups is 1. The second-order valence-electron chi connectivity index (χ2n) is 4.39. The molecular weight excluding hydrogens is 206 g/mol. The first-order valence-corrected chi connectivity index (χ1v) is 5.69. The average molecular weight is 223 g/mol. The molecule has 1 N–H and O–H groups in total. The van der Waals surface area contributed by atoms with Gasteiger partial charge in [0.05, 0.1) is 17.9 Å². The predicted octanol–water partition coefficient (Wildman–Crippen LogP) is 1.66. The summed E-state index contributed by atoms with van der Waals surface area (Å²) in [5.74, 6) is 0.0110. The van der Waals surface area contributed by atoms with E-state index in [2.05, 4.69) is 0 Å². The lowest BCUT2D eigenvalue weighted by Gasteiger charge is -2.25. The standard InChI is InChI=1S/C12H17NO3/c1-9(14)7-11-3-2-5-13(11)12(15)10-4-6-16-8-10/h4,6,8-9,11,14H,2-3,5,7H2,1H3. The molecule has 16 heavy (non-hydrogen) atoms. The van der Waals surface area contributed by atoms with Crippen molar-refractivity contribution < 1.29 is 14.3 Å². The van der Waals surface area contributed by atoms with Gasteiger partial charge in [0.25, 0.3) is 5.91 Å². The Morgan fingerprint density at radius 2 is 2.56 bits per heavy atom. The molecule has 1 amide bonds. The fourth-order valence-corrected chi connectivity index (χ4v) is 2.29. The number of amides is 1. The van der Waals surface area contributed by atoms with E-state index in [1.165, 1.54) is 12.5 Å². The van der Waals surface area contributed by atoms with Crippen LogP contribution in [0.2, 0.25) is 0 Å². The fraction of sp³-hybridized carbons (Fsp3) is 0.583. The highest BCUT2D eigenvalue weighted by molar-refractivity contribution is 5.94. The molecule has 2 rings (SSSR count). The topological polar surface area (TPSA) is 53.7 Å². The summed E-state index contributed by atoms with van der Waals surface area (Å²) in [6.45, 7) is 2.54. The number of rotatable bonds is 3. The number of nitrogens with zero attached hydrogens (tertiary/aromatic N) is 1. The Hall–Kier alpha value is -1.29. The minimum absolute atomic E-state index is 0.0110. The molecule has 88 valence electrons. The normalized spacial score (nSPS) is 22.4. The van der Waals surface area contributed by atoms with Gasteiger partial charge in [0, 0.05) is 12.6 Å². The van der Waals surface area contributed by atoms with Crippen molar-refractivity contribution in [3.05, 3.63) is 24.2 Å². The highest BCUT2D eigenvalue weighted by atomic mass is 16.3. The van der Waals surface area contributed by atoms with E-state index in [0.29, 0.717) is 12.0 Å². The van der Waals surface area contributed by atoms with Gasteiger partial charge in [-0.25, -0.2) is 0 Å². The molecular formula is C12H17NO3. The van der Waals surface area contributed by atoms with Crippen LogP contribution in [-0.4, -0.2) is 34.6 Å². The highest BCUT2D eigenvalue weighted by Crippen LogP contribution is 2.23. The molecule has 0 spiro atoms. The minimum Gasteiger partial charge on any atom is -0.472 e. The molecule has 4 heteroatoms. The van der Waals surface area contributed by atoms with Gasteiger partial charge >= 0.3 is 0 Å². The summed E-state index contributed by atoms with van der Waals surface area (Å²) in [7, 11) is 0. The quantitative estimate of drug-likeness (QED) is 0.847. The van der Waals surface area contributed by atoms with Gasteiger partial charge < -0.3 is 14.4 Å². The number of aliphatic hydroxyl groups excluding tert-OH is 1. The van der Waals surface area contributed by atoms with Crippen LogP contribution in [0.3, 0.4) is 0 Å². The van der Waals surface area contributed by atoms with E-state index in [1.807, 2.05) is 4.90 Å². The minimum atomic E-state index is -0.359. The Balaban J connectivity index is 2.05. The van der Waals surface area contributed by atoms with Crippen molar-refractivity contribution in [1.29, 1.82) is 0 Å². The SMILES string of the molecule is CC(O)CC1CCCN1C(=O)c1ccoc1. The molecule has 1 fully saturated rings. The molecule has 2 atom stereocenters. The summed E-state index contributed by atoms with van der Waals surface area (Å²) in [5.41, 5.74) is 0.595. The van der Waals surface area contributed by atoms with E-state index < -0.39 is 0 Å². The summed E-state index contributed by atoms with van der Waals surface area (Å²) in [5, 5.41) is 9.39. The first-order chi connectivity index (χ1) is 7.68. The molecule has 0 aliphatic carbocycles. The third-order valence-corrected chi connectivity index (χ3v) is 3.02. The van der Waals surface area contributed by atoms with Gasteiger partial charge in [-0.15, -0.1) is 0 Å². The molecule has 4 nitrogen and oxygen atoms in total. The molecule has 0 saturated carbocycles. The van der Waals surface area contributed by atoms with Crippen LogP contribution in [-0.2, 0) is 0 Å². The van der Waals surface area contributed by atoms with E-state index in [9.17, 15) is 9.90 Å². The van der Waals surface area contributed by atoms with Crippen molar-refractivity contribution in [1.82, 2.24) is 4.90 Å². The van der Waals surface area contributed by atoms with Crippen LogP contribution < -0.4 is 0 Å². The van der Waals surface area contributed by atoms with Crippen molar-refractivity contribution in [2.24, 2.45) is 0 Å². The molecule has 0 aromatic carbocycles. The van der Waals surface area contributed by atoms with Crippen molar-refractivity contribution in [2.45, 2.75) is 38.3 Å². The van der Waals surface area contributed by atoms with Gasteiger partial charge in [-0.3, -0.25) is 4.79 Å². The Kier molecular flexibility index (Phi) is 3.29. The van der Waals surface area contributed by atoms with Gasteiger partial charge in [0.15, 0.2) is 0 Å². The lowest BCUT2D eigenvalue weighted by atomic mass is 10.1. The monoisotopic (exact) mass is 223 g/mol. The number of furan rings is 1. The number of hydrogen-bond acceptors (Lipinski definition) is 3. The molecule has 2 heterocycles. The number of carbonyl (C=O) groups excluding carboxylic acids is 1. The van der Waals surface area contributed by atoms with Gasteiger partial charge in [-0.1, -0.05) is 0 Å². The third-order valence-electron chi connectivity index (χ3n) is 3.02. The zero-order valence-electron chi connectivity index (χ0n) is 9.43. The number of carbonyl (C=O) groups is 1. The lowest BCUT2D eigenvalue weighted by Crippen LogP contribution is -2.37. The smallest absolute Gasteiger partial charge is 0.257 e. The summed E-state index contributed by atoms with van der Waals surface area (Å²) in [4.78, 5) is 13.9. The van der Waals surface area contributed by atoms with E-state index in [4.69, 9.17) is 4.42 Å². The molecule has 2 unspecified atom stereocenters. The summed E-state index contributed by atoms with van der Waals surface area (Å²) < 4.78 is 4.91. The second kappa shape index (κ2) is 4.70. The largest absolute Gasteiger partial charge is 0.472 e. The van der Waals surface area contributed by atoms with Gasteiger partial charge in [-0.2, -0.15) is 0 Å². The van der Waals surface area contributed by atoms with Crippen LogP contribution >= 0.6 is 0 Å². The van der Waals surface area contributed by atoms with Crippen LogP contribution in [0, 0.1) is 0 Å². The fourth-order valence-electron chi connectivity index (χ4n) is 2.29. The number of likely N-dealkylation sites (tertiary alicyclic amines) is 1. The first-order valence-electron chi connectivity index (χ1n) is 5.69. The number of hydrogen-bond donors (Lipinski definition) is 1.